The van der Waals surface area contributed by atoms with Gasteiger partial charge in [0.2, 0.25) is 0 Å². The zero-order chi connectivity index (χ0) is 27.5. The summed E-state index contributed by atoms with van der Waals surface area (Å²) in [6.45, 7) is 2.31. The third-order valence-electron chi connectivity index (χ3n) is 8.60. The monoisotopic (exact) mass is 553 g/mol. The van der Waals surface area contributed by atoms with Gasteiger partial charge in [-0.25, -0.2) is 0 Å². The minimum atomic E-state index is 0.332. The number of rotatable bonds is 35. The maximum absolute atomic E-state index is 10.4. The van der Waals surface area contributed by atoms with Crippen LogP contribution in [0.15, 0.2) is 0 Å². The number of unbranched alkanes of at least 4 members (excludes halogenated alkanes) is 33. The number of hydrogen-bond acceptors (Lipinski definition) is 1. The van der Waals surface area contributed by atoms with Gasteiger partial charge in [0.15, 0.2) is 8.46 Å². The average molecular weight is 553 g/mol. The van der Waals surface area contributed by atoms with E-state index in [1.165, 1.54) is 212 Å². The van der Waals surface area contributed by atoms with E-state index in [4.69, 9.17) is 0 Å². The Balaban J connectivity index is 3.01. The Morgan fingerprint density at radius 1 is 0.263 bits per heavy atom. The molecule has 0 fully saturated rings. The smallest absolute Gasteiger partial charge is 0.155 e. The molecule has 0 bridgehead atoms. The molecule has 0 aliphatic heterocycles. The summed E-state index contributed by atoms with van der Waals surface area (Å²) in [5, 5.41) is 0. The minimum absolute atomic E-state index is 0.332. The zero-order valence-electron chi connectivity index (χ0n) is 26.6. The zero-order valence-corrected chi connectivity index (χ0v) is 27.5. The summed E-state index contributed by atoms with van der Waals surface area (Å²) in [5.41, 5.74) is 0. The Hall–Kier alpha value is 0.100. The van der Waals surface area contributed by atoms with Gasteiger partial charge in [-0.3, -0.25) is 4.57 Å². The predicted octanol–water partition coefficient (Wildman–Crippen LogP) is 14.6. The van der Waals surface area contributed by atoms with Crippen LogP contribution in [0.1, 0.15) is 225 Å². The molecular weight excluding hydrogens is 479 g/mol. The first-order valence-electron chi connectivity index (χ1n) is 18.2. The summed E-state index contributed by atoms with van der Waals surface area (Å²) in [6.07, 6.45) is 50.1. The lowest BCUT2D eigenvalue weighted by Gasteiger charge is -2.05. The number of hydrogen-bond donors (Lipinski definition) is 0. The predicted molar refractivity (Wildman–Crippen MR) is 175 cm³/mol. The summed E-state index contributed by atoms with van der Waals surface area (Å²) in [4.78, 5) is 0. The third kappa shape index (κ3) is 36.1. The molecule has 0 amide bonds. The summed E-state index contributed by atoms with van der Waals surface area (Å²) < 4.78 is 10.4. The van der Waals surface area contributed by atoms with Gasteiger partial charge in [0, 0.05) is 6.16 Å². The molecule has 0 aliphatic rings. The topological polar surface area (TPSA) is 17.1 Å². The normalized spacial score (nSPS) is 11.6. The minimum Gasteiger partial charge on any atom is -0.275 e. The van der Waals surface area contributed by atoms with Crippen LogP contribution < -0.4 is 0 Å². The van der Waals surface area contributed by atoms with Gasteiger partial charge in [-0.05, 0) is 6.42 Å². The van der Waals surface area contributed by atoms with Crippen molar-refractivity contribution < 1.29 is 4.57 Å². The molecule has 0 atom stereocenters. The van der Waals surface area contributed by atoms with Gasteiger partial charge >= 0.3 is 0 Å². The van der Waals surface area contributed by atoms with E-state index in [0.29, 0.717) is 8.46 Å². The largest absolute Gasteiger partial charge is 0.275 e. The standard InChI is InChI=1S/C36H73OP/c1-2-3-4-5-6-7-8-9-10-11-12-13-14-15-16-17-18-19-20-21-22-23-24-25-26-27-28-29-30-31-32-33-34-35-36-38-37/h2-36H2,1H3. The average Bonchev–Trinajstić information content (AvgIpc) is 2.93. The van der Waals surface area contributed by atoms with Gasteiger partial charge in [0.05, 0.1) is 0 Å². The highest BCUT2D eigenvalue weighted by Crippen LogP contribution is 2.17. The Labute approximate surface area is 244 Å². The van der Waals surface area contributed by atoms with Crippen molar-refractivity contribution >= 4 is 8.46 Å². The van der Waals surface area contributed by atoms with E-state index in [2.05, 4.69) is 6.92 Å². The molecule has 0 aromatic heterocycles. The second-order valence-corrected chi connectivity index (χ2v) is 13.2. The van der Waals surface area contributed by atoms with Crippen LogP contribution in [0.3, 0.4) is 0 Å². The van der Waals surface area contributed by atoms with Gasteiger partial charge in [0.1, 0.15) is 0 Å². The second kappa shape index (κ2) is 37.1. The second-order valence-electron chi connectivity index (χ2n) is 12.5. The van der Waals surface area contributed by atoms with Crippen LogP contribution in [-0.4, -0.2) is 6.16 Å². The molecule has 0 aliphatic carbocycles. The van der Waals surface area contributed by atoms with E-state index in [0.717, 1.165) is 12.6 Å². The van der Waals surface area contributed by atoms with Crippen LogP contribution in [0.2, 0.25) is 0 Å². The molecule has 0 heterocycles. The third-order valence-corrected chi connectivity index (χ3v) is 9.10. The van der Waals surface area contributed by atoms with Crippen molar-refractivity contribution in [1.82, 2.24) is 0 Å². The molecule has 0 unspecified atom stereocenters. The fourth-order valence-corrected chi connectivity index (χ4v) is 6.26. The van der Waals surface area contributed by atoms with Crippen LogP contribution in [-0.2, 0) is 4.57 Å². The summed E-state index contributed by atoms with van der Waals surface area (Å²) in [5.74, 6) is 0. The van der Waals surface area contributed by atoms with Crippen molar-refractivity contribution in [2.75, 3.05) is 6.16 Å². The van der Waals surface area contributed by atoms with E-state index >= 15 is 0 Å². The van der Waals surface area contributed by atoms with Crippen molar-refractivity contribution in [3.63, 3.8) is 0 Å². The van der Waals surface area contributed by atoms with Gasteiger partial charge in [-0.2, -0.15) is 0 Å². The lowest BCUT2D eigenvalue weighted by Crippen LogP contribution is -1.85. The molecule has 1 nitrogen and oxygen atoms in total. The molecule has 0 aromatic carbocycles. The van der Waals surface area contributed by atoms with Gasteiger partial charge < -0.3 is 0 Å². The summed E-state index contributed by atoms with van der Waals surface area (Å²) >= 11 is 0. The van der Waals surface area contributed by atoms with Crippen molar-refractivity contribution in [3.8, 4) is 0 Å². The van der Waals surface area contributed by atoms with Crippen LogP contribution in [0.4, 0.5) is 0 Å². The fraction of sp³-hybridized carbons (Fsp3) is 1.00. The van der Waals surface area contributed by atoms with Crippen molar-refractivity contribution in [3.05, 3.63) is 0 Å². The molecule has 38 heavy (non-hydrogen) atoms. The van der Waals surface area contributed by atoms with Gasteiger partial charge in [0.25, 0.3) is 0 Å². The molecule has 0 saturated heterocycles. The van der Waals surface area contributed by atoms with E-state index in [1.54, 1.807) is 0 Å². The lowest BCUT2D eigenvalue weighted by molar-refractivity contribution is 0.511. The molecule has 0 radical (unpaired) electrons. The highest BCUT2D eigenvalue weighted by molar-refractivity contribution is 7.23. The summed E-state index contributed by atoms with van der Waals surface area (Å²) in [6, 6.07) is 0. The van der Waals surface area contributed by atoms with Crippen LogP contribution in [0.5, 0.6) is 0 Å². The van der Waals surface area contributed by atoms with Gasteiger partial charge in [-0.15, -0.1) is 0 Å². The van der Waals surface area contributed by atoms with Gasteiger partial charge in [-0.1, -0.05) is 219 Å². The first-order chi connectivity index (χ1) is 18.9. The highest BCUT2D eigenvalue weighted by atomic mass is 31.1. The molecule has 0 spiro atoms. The Kier molecular flexibility index (Phi) is 37.2. The maximum Gasteiger partial charge on any atom is 0.155 e. The van der Waals surface area contributed by atoms with E-state index < -0.39 is 0 Å². The lowest BCUT2D eigenvalue weighted by atomic mass is 10.0. The molecule has 0 rings (SSSR count). The molecule has 228 valence electrons. The fourth-order valence-electron chi connectivity index (χ4n) is 5.91. The molecule has 2 heteroatoms. The Morgan fingerprint density at radius 2 is 0.421 bits per heavy atom. The van der Waals surface area contributed by atoms with E-state index in [1.807, 2.05) is 0 Å². The molecule has 0 N–H and O–H groups in total. The van der Waals surface area contributed by atoms with Crippen LogP contribution in [0, 0.1) is 0 Å². The van der Waals surface area contributed by atoms with Crippen LogP contribution in [0.25, 0.3) is 0 Å². The molecular formula is C36H73OP. The maximum atomic E-state index is 10.4. The van der Waals surface area contributed by atoms with Crippen molar-refractivity contribution in [2.24, 2.45) is 0 Å². The van der Waals surface area contributed by atoms with Crippen molar-refractivity contribution in [1.29, 1.82) is 0 Å². The highest BCUT2D eigenvalue weighted by Gasteiger charge is 1.97. The molecule has 0 aromatic rings. The Bertz CT molecular complexity index is 410. The van der Waals surface area contributed by atoms with Crippen molar-refractivity contribution in [2.45, 2.75) is 225 Å². The molecule has 0 saturated carbocycles. The first-order valence-corrected chi connectivity index (χ1v) is 19.2. The van der Waals surface area contributed by atoms with E-state index in [9.17, 15) is 4.57 Å². The SMILES string of the molecule is CCCCCCCCCCCCCCCCCCCCCCCCCCCCCCCCCCCCP=O. The van der Waals surface area contributed by atoms with E-state index in [-0.39, 0.29) is 0 Å². The summed E-state index contributed by atoms with van der Waals surface area (Å²) in [7, 11) is 0.332. The quantitative estimate of drug-likeness (QED) is 0.0564. The van der Waals surface area contributed by atoms with Crippen LogP contribution >= 0.6 is 8.46 Å². The Morgan fingerprint density at radius 3 is 0.579 bits per heavy atom. The first kappa shape index (κ1) is 38.1.